The minimum atomic E-state index is -3.82. The molecule has 0 fully saturated rings. The summed E-state index contributed by atoms with van der Waals surface area (Å²) >= 11 is 3.47. The molecular weight excluding hydrogens is 432 g/mol. The molecule has 0 aliphatic heterocycles. The van der Waals surface area contributed by atoms with E-state index in [9.17, 15) is 13.2 Å². The van der Waals surface area contributed by atoms with Gasteiger partial charge in [-0.25, -0.2) is 22.2 Å². The molecule has 27 heavy (non-hydrogen) atoms. The highest BCUT2D eigenvalue weighted by Gasteiger charge is 2.25. The number of aryl methyl sites for hydroxylation is 1. The smallest absolute Gasteiger partial charge is 0.293 e. The number of halogens is 1. The summed E-state index contributed by atoms with van der Waals surface area (Å²) in [7, 11) is -2.14. The molecule has 0 amide bonds. The van der Waals surface area contributed by atoms with Crippen molar-refractivity contribution < 1.29 is 8.42 Å². The fraction of sp³-hybridized carbons (Fsp3) is 0.222. The number of hydrogen-bond acceptors (Lipinski definition) is 4. The van der Waals surface area contributed by atoms with Crippen molar-refractivity contribution >= 4 is 48.0 Å². The molecule has 7 nitrogen and oxygen atoms in total. The topological polar surface area (TPSA) is 78.9 Å². The van der Waals surface area contributed by atoms with E-state index in [2.05, 4.69) is 20.9 Å². The molecular formula is C18H17BrN4O3S. The van der Waals surface area contributed by atoms with Crippen LogP contribution in [0.25, 0.3) is 22.1 Å². The predicted molar refractivity (Wildman–Crippen MR) is 108 cm³/mol. The lowest BCUT2D eigenvalue weighted by molar-refractivity contribution is 0.584. The van der Waals surface area contributed by atoms with E-state index in [1.807, 2.05) is 13.8 Å². The largest absolute Gasteiger partial charge is 0.329 e. The van der Waals surface area contributed by atoms with Gasteiger partial charge in [-0.3, -0.25) is 9.13 Å². The summed E-state index contributed by atoms with van der Waals surface area (Å²) in [6, 6.07) is 8.10. The third-order valence-corrected chi connectivity index (χ3v) is 6.87. The first-order valence-corrected chi connectivity index (χ1v) is 10.6. The number of imidazole rings is 1. The Hall–Kier alpha value is -2.39. The molecule has 4 rings (SSSR count). The number of fused-ring (bicyclic) bond motifs is 3. The van der Waals surface area contributed by atoms with Gasteiger partial charge in [0, 0.05) is 23.8 Å². The number of benzene rings is 1. The van der Waals surface area contributed by atoms with Crippen molar-refractivity contribution in [2.75, 3.05) is 0 Å². The zero-order valence-electron chi connectivity index (χ0n) is 14.9. The summed E-state index contributed by atoms with van der Waals surface area (Å²) < 4.78 is 31.1. The molecule has 4 aromatic rings. The second-order valence-corrected chi connectivity index (χ2v) is 9.26. The van der Waals surface area contributed by atoms with Crippen LogP contribution in [-0.4, -0.2) is 26.5 Å². The van der Waals surface area contributed by atoms with Crippen molar-refractivity contribution in [2.45, 2.75) is 24.8 Å². The first-order valence-electron chi connectivity index (χ1n) is 8.32. The third kappa shape index (κ3) is 2.49. The van der Waals surface area contributed by atoms with Gasteiger partial charge in [0.2, 0.25) is 0 Å². The van der Waals surface area contributed by atoms with Crippen LogP contribution in [0.15, 0.2) is 56.9 Å². The Balaban J connectivity index is 2.15. The van der Waals surface area contributed by atoms with Gasteiger partial charge in [-0.15, -0.1) is 0 Å². The fourth-order valence-electron chi connectivity index (χ4n) is 3.32. The van der Waals surface area contributed by atoms with Crippen LogP contribution >= 0.6 is 15.9 Å². The number of rotatable bonds is 3. The third-order valence-electron chi connectivity index (χ3n) is 4.60. The molecule has 3 aromatic heterocycles. The van der Waals surface area contributed by atoms with Crippen LogP contribution in [0.2, 0.25) is 0 Å². The van der Waals surface area contributed by atoms with Crippen molar-refractivity contribution in [3.63, 3.8) is 0 Å². The molecule has 0 saturated heterocycles. The van der Waals surface area contributed by atoms with Crippen LogP contribution < -0.4 is 5.69 Å². The van der Waals surface area contributed by atoms with E-state index in [4.69, 9.17) is 0 Å². The summed E-state index contributed by atoms with van der Waals surface area (Å²) in [5.41, 5.74) is 1.42. The van der Waals surface area contributed by atoms with Gasteiger partial charge in [-0.2, -0.15) is 0 Å². The maximum absolute atomic E-state index is 13.1. The Bertz CT molecular complexity index is 1350. The Morgan fingerprint density at radius 1 is 1.15 bits per heavy atom. The second-order valence-electron chi connectivity index (χ2n) is 6.59. The summed E-state index contributed by atoms with van der Waals surface area (Å²) in [5, 5.41) is 0.596. The van der Waals surface area contributed by atoms with E-state index >= 15 is 0 Å². The Morgan fingerprint density at radius 2 is 1.81 bits per heavy atom. The Kier molecular flexibility index (Phi) is 4.04. The van der Waals surface area contributed by atoms with Crippen molar-refractivity contribution in [1.29, 1.82) is 0 Å². The molecule has 0 aliphatic rings. The average molecular weight is 449 g/mol. The Labute approximate surface area is 164 Å². The highest BCUT2D eigenvalue weighted by molar-refractivity contribution is 9.10. The molecule has 0 unspecified atom stereocenters. The van der Waals surface area contributed by atoms with E-state index in [-0.39, 0.29) is 22.3 Å². The lowest BCUT2D eigenvalue weighted by Crippen LogP contribution is -2.23. The fourth-order valence-corrected chi connectivity index (χ4v) is 5.36. The number of pyridine rings is 1. The van der Waals surface area contributed by atoms with Crippen LogP contribution in [-0.2, 0) is 17.1 Å². The van der Waals surface area contributed by atoms with Crippen molar-refractivity contribution in [2.24, 2.45) is 7.05 Å². The lowest BCUT2D eigenvalue weighted by atomic mass is 10.2. The van der Waals surface area contributed by atoms with Crippen LogP contribution in [0.5, 0.6) is 0 Å². The molecule has 0 bridgehead atoms. The number of hydrogen-bond donors (Lipinski definition) is 0. The Morgan fingerprint density at radius 3 is 2.44 bits per heavy atom. The summed E-state index contributed by atoms with van der Waals surface area (Å²) in [6.07, 6.45) is 3.03. The van der Waals surface area contributed by atoms with Gasteiger partial charge in [0.1, 0.15) is 0 Å². The molecule has 0 radical (unpaired) electrons. The standard InChI is InChI=1S/C18H17BrN4O3S/c1-11(2)23-16-14(21(3)18(23)24)9-20-17-15(16)13(19)10-22(17)27(25,26)12-7-5-4-6-8-12/h4-11H,1-3H3. The second kappa shape index (κ2) is 6.07. The van der Waals surface area contributed by atoms with Crippen LogP contribution in [0, 0.1) is 0 Å². The molecule has 3 heterocycles. The van der Waals surface area contributed by atoms with Crippen LogP contribution in [0.4, 0.5) is 0 Å². The maximum Gasteiger partial charge on any atom is 0.329 e. The molecule has 9 heteroatoms. The molecule has 0 saturated carbocycles. The first kappa shape index (κ1) is 18.0. The highest BCUT2D eigenvalue weighted by atomic mass is 79.9. The zero-order chi connectivity index (χ0) is 19.5. The van der Waals surface area contributed by atoms with Gasteiger partial charge in [-0.05, 0) is 41.9 Å². The zero-order valence-corrected chi connectivity index (χ0v) is 17.3. The predicted octanol–water partition coefficient (Wildman–Crippen LogP) is 3.27. The van der Waals surface area contributed by atoms with Crippen molar-refractivity contribution in [3.05, 3.63) is 57.7 Å². The number of nitrogens with zero attached hydrogens (tertiary/aromatic N) is 4. The van der Waals surface area contributed by atoms with E-state index in [1.54, 1.807) is 48.1 Å². The van der Waals surface area contributed by atoms with E-state index in [0.717, 1.165) is 3.97 Å². The summed E-state index contributed by atoms with van der Waals surface area (Å²) in [6.45, 7) is 3.83. The summed E-state index contributed by atoms with van der Waals surface area (Å²) in [5.74, 6) is 0. The molecule has 0 spiro atoms. The lowest BCUT2D eigenvalue weighted by Gasteiger charge is -2.09. The first-order chi connectivity index (χ1) is 12.7. The van der Waals surface area contributed by atoms with Crippen LogP contribution in [0.3, 0.4) is 0 Å². The quantitative estimate of drug-likeness (QED) is 0.481. The maximum atomic E-state index is 13.1. The SMILES string of the molecule is CC(C)n1c(=O)n(C)c2cnc3c(c(Br)cn3S(=O)(=O)c3ccccc3)c21. The van der Waals surface area contributed by atoms with Gasteiger partial charge < -0.3 is 0 Å². The van der Waals surface area contributed by atoms with Gasteiger partial charge in [0.25, 0.3) is 10.0 Å². The average Bonchev–Trinajstić information content (AvgIpc) is 3.11. The van der Waals surface area contributed by atoms with Gasteiger partial charge in [0.15, 0.2) is 5.65 Å². The van der Waals surface area contributed by atoms with Crippen molar-refractivity contribution in [1.82, 2.24) is 18.1 Å². The van der Waals surface area contributed by atoms with Gasteiger partial charge >= 0.3 is 5.69 Å². The molecule has 0 N–H and O–H groups in total. The van der Waals surface area contributed by atoms with Crippen molar-refractivity contribution in [3.8, 4) is 0 Å². The molecule has 0 atom stereocenters. The van der Waals surface area contributed by atoms with Crippen LogP contribution in [0.1, 0.15) is 19.9 Å². The van der Waals surface area contributed by atoms with E-state index < -0.39 is 10.0 Å². The van der Waals surface area contributed by atoms with Gasteiger partial charge in [0.05, 0.1) is 27.5 Å². The minimum absolute atomic E-state index is 0.0900. The highest BCUT2D eigenvalue weighted by Crippen LogP contribution is 2.34. The molecule has 140 valence electrons. The van der Waals surface area contributed by atoms with E-state index in [1.165, 1.54) is 10.8 Å². The molecule has 0 aliphatic carbocycles. The normalized spacial score (nSPS) is 12.5. The summed E-state index contributed by atoms with van der Waals surface area (Å²) in [4.78, 5) is 17.2. The number of aromatic nitrogens is 4. The molecule has 1 aromatic carbocycles. The monoisotopic (exact) mass is 448 g/mol. The minimum Gasteiger partial charge on any atom is -0.293 e. The van der Waals surface area contributed by atoms with E-state index in [0.29, 0.717) is 20.9 Å². The van der Waals surface area contributed by atoms with Gasteiger partial charge in [-0.1, -0.05) is 18.2 Å².